The van der Waals surface area contributed by atoms with Gasteiger partial charge in [-0.25, -0.2) is 8.42 Å². The molecule has 7 nitrogen and oxygen atoms in total. The van der Waals surface area contributed by atoms with E-state index in [4.69, 9.17) is 21.1 Å². The molecule has 0 aliphatic carbocycles. The van der Waals surface area contributed by atoms with Gasteiger partial charge in [-0.1, -0.05) is 23.7 Å². The highest BCUT2D eigenvalue weighted by atomic mass is 35.5. The third kappa shape index (κ3) is 5.15. The molecule has 9 heteroatoms. The number of benzene rings is 2. The number of amides is 1. The van der Waals surface area contributed by atoms with Crippen LogP contribution < -0.4 is 14.8 Å². The van der Waals surface area contributed by atoms with Crippen molar-refractivity contribution in [1.82, 2.24) is 9.62 Å². The van der Waals surface area contributed by atoms with Crippen LogP contribution in [-0.2, 0) is 14.8 Å². The van der Waals surface area contributed by atoms with Gasteiger partial charge in [-0.15, -0.1) is 0 Å². The van der Waals surface area contributed by atoms with Crippen molar-refractivity contribution in [3.8, 4) is 11.5 Å². The zero-order valence-corrected chi connectivity index (χ0v) is 17.7. The van der Waals surface area contributed by atoms with E-state index in [-0.39, 0.29) is 22.5 Å². The van der Waals surface area contributed by atoms with Crippen LogP contribution in [0.2, 0.25) is 5.02 Å². The Morgan fingerprint density at radius 3 is 2.32 bits per heavy atom. The van der Waals surface area contributed by atoms with E-state index in [1.807, 2.05) is 19.1 Å². The third-order valence-electron chi connectivity index (χ3n) is 4.19. The van der Waals surface area contributed by atoms with Crippen LogP contribution in [-0.4, -0.2) is 46.4 Å². The molecule has 1 amide bonds. The van der Waals surface area contributed by atoms with Gasteiger partial charge in [0, 0.05) is 7.05 Å². The van der Waals surface area contributed by atoms with Gasteiger partial charge < -0.3 is 14.8 Å². The molecule has 0 unspecified atom stereocenters. The number of carbonyl (C=O) groups is 1. The van der Waals surface area contributed by atoms with Gasteiger partial charge in [0.15, 0.2) is 0 Å². The zero-order chi connectivity index (χ0) is 20.9. The predicted octanol–water partition coefficient (Wildman–Crippen LogP) is 2.86. The van der Waals surface area contributed by atoms with Crippen LogP contribution in [0.25, 0.3) is 0 Å². The Morgan fingerprint density at radius 1 is 1.14 bits per heavy atom. The molecule has 2 aromatic rings. The fraction of sp³-hybridized carbons (Fsp3) is 0.316. The van der Waals surface area contributed by atoms with Crippen molar-refractivity contribution in [2.45, 2.75) is 17.9 Å². The lowest BCUT2D eigenvalue weighted by Crippen LogP contribution is -2.39. The summed E-state index contributed by atoms with van der Waals surface area (Å²) in [4.78, 5) is 12.3. The Hall–Kier alpha value is -2.29. The Balaban J connectivity index is 2.04. The van der Waals surface area contributed by atoms with Crippen molar-refractivity contribution in [2.75, 3.05) is 27.8 Å². The minimum absolute atomic E-state index is 0.0168. The topological polar surface area (TPSA) is 84.9 Å². The molecule has 0 aliphatic rings. The Bertz CT molecular complexity index is 932. The van der Waals surface area contributed by atoms with E-state index in [1.54, 1.807) is 19.2 Å². The zero-order valence-electron chi connectivity index (χ0n) is 16.1. The number of carbonyl (C=O) groups excluding carboxylic acids is 1. The summed E-state index contributed by atoms with van der Waals surface area (Å²) in [6.07, 6.45) is 0. The molecule has 0 bridgehead atoms. The quantitative estimate of drug-likeness (QED) is 0.701. The summed E-state index contributed by atoms with van der Waals surface area (Å²) >= 11 is 6.01. The largest absolute Gasteiger partial charge is 0.497 e. The number of hydrogen-bond acceptors (Lipinski definition) is 5. The minimum atomic E-state index is -3.87. The molecule has 1 atom stereocenters. The number of sulfonamides is 1. The summed E-state index contributed by atoms with van der Waals surface area (Å²) in [5, 5.41) is 2.96. The fourth-order valence-corrected chi connectivity index (χ4v) is 4.01. The first-order valence-corrected chi connectivity index (χ1v) is 10.2. The van der Waals surface area contributed by atoms with Gasteiger partial charge in [0.25, 0.3) is 0 Å². The van der Waals surface area contributed by atoms with Crippen LogP contribution in [0.1, 0.15) is 18.5 Å². The van der Waals surface area contributed by atoms with Gasteiger partial charge >= 0.3 is 0 Å². The average molecular weight is 427 g/mol. The molecule has 2 aromatic carbocycles. The normalized spacial score (nSPS) is 12.5. The molecule has 0 saturated heterocycles. The van der Waals surface area contributed by atoms with Crippen LogP contribution in [0.15, 0.2) is 47.4 Å². The molecular weight excluding hydrogens is 404 g/mol. The van der Waals surface area contributed by atoms with Gasteiger partial charge in [-0.05, 0) is 42.8 Å². The summed E-state index contributed by atoms with van der Waals surface area (Å²) in [5.74, 6) is 0.662. The number of likely N-dealkylation sites (N-methyl/N-ethyl adjacent to an activating group) is 1. The van der Waals surface area contributed by atoms with Crippen LogP contribution >= 0.6 is 11.6 Å². The molecule has 0 fully saturated rings. The first-order chi connectivity index (χ1) is 13.2. The van der Waals surface area contributed by atoms with Gasteiger partial charge in [0.05, 0.1) is 36.7 Å². The van der Waals surface area contributed by atoms with Crippen molar-refractivity contribution in [2.24, 2.45) is 0 Å². The van der Waals surface area contributed by atoms with Gasteiger partial charge in [0.1, 0.15) is 11.5 Å². The summed E-state index contributed by atoms with van der Waals surface area (Å²) in [6.45, 7) is 1.49. The van der Waals surface area contributed by atoms with Crippen molar-refractivity contribution < 1.29 is 22.7 Å². The molecule has 2 rings (SSSR count). The molecule has 0 spiro atoms. The van der Waals surface area contributed by atoms with Crippen molar-refractivity contribution in [3.63, 3.8) is 0 Å². The van der Waals surface area contributed by atoms with E-state index in [0.717, 1.165) is 9.87 Å². The molecule has 28 heavy (non-hydrogen) atoms. The summed E-state index contributed by atoms with van der Waals surface area (Å²) in [5.41, 5.74) is 0.876. The molecule has 0 radical (unpaired) electrons. The number of hydrogen-bond donors (Lipinski definition) is 1. The number of nitrogens with one attached hydrogen (secondary N) is 1. The first-order valence-electron chi connectivity index (χ1n) is 8.42. The van der Waals surface area contributed by atoms with E-state index in [1.165, 1.54) is 32.4 Å². The lowest BCUT2D eigenvalue weighted by atomic mass is 10.1. The fourth-order valence-electron chi connectivity index (χ4n) is 2.54. The highest BCUT2D eigenvalue weighted by Crippen LogP contribution is 2.28. The first kappa shape index (κ1) is 22.0. The standard InChI is InChI=1S/C19H23ClN2O5S/c1-13(14-5-7-15(26-3)8-6-14)21-19(23)12-22(2)28(24,25)16-9-10-18(27-4)17(20)11-16/h5-11,13H,12H2,1-4H3,(H,21,23)/t13-/m0/s1. The second-order valence-corrected chi connectivity index (χ2v) is 8.57. The maximum Gasteiger partial charge on any atom is 0.243 e. The molecule has 0 heterocycles. The number of ether oxygens (including phenoxy) is 2. The maximum atomic E-state index is 12.7. The van der Waals surface area contributed by atoms with Crippen molar-refractivity contribution in [1.29, 1.82) is 0 Å². The summed E-state index contributed by atoms with van der Waals surface area (Å²) in [6, 6.07) is 11.1. The highest BCUT2D eigenvalue weighted by Gasteiger charge is 2.24. The van der Waals surface area contributed by atoms with Crippen LogP contribution in [0, 0.1) is 0 Å². The molecule has 1 N–H and O–H groups in total. The molecule has 0 aliphatic heterocycles. The predicted molar refractivity (Wildman–Crippen MR) is 107 cm³/mol. The molecule has 0 saturated carbocycles. The second kappa shape index (κ2) is 9.27. The average Bonchev–Trinajstić information content (AvgIpc) is 2.67. The number of nitrogens with zero attached hydrogens (tertiary/aromatic N) is 1. The molecular formula is C19H23ClN2O5S. The van der Waals surface area contributed by atoms with E-state index in [2.05, 4.69) is 5.32 Å². The Labute approximate surface area is 170 Å². The smallest absolute Gasteiger partial charge is 0.243 e. The van der Waals surface area contributed by atoms with E-state index in [9.17, 15) is 13.2 Å². The Morgan fingerprint density at radius 2 is 1.79 bits per heavy atom. The SMILES string of the molecule is COc1ccc([C@H](C)NC(=O)CN(C)S(=O)(=O)c2ccc(OC)c(Cl)c2)cc1. The summed E-state index contributed by atoms with van der Waals surface area (Å²) in [7, 11) is 0.480. The lowest BCUT2D eigenvalue weighted by Gasteiger charge is -2.20. The third-order valence-corrected chi connectivity index (χ3v) is 6.29. The van der Waals surface area contributed by atoms with Crippen LogP contribution in [0.3, 0.4) is 0 Å². The van der Waals surface area contributed by atoms with Crippen LogP contribution in [0.5, 0.6) is 11.5 Å². The Kier molecular flexibility index (Phi) is 7.29. The van der Waals surface area contributed by atoms with Gasteiger partial charge in [-0.3, -0.25) is 4.79 Å². The van der Waals surface area contributed by atoms with Gasteiger partial charge in [-0.2, -0.15) is 4.31 Å². The molecule has 152 valence electrons. The monoisotopic (exact) mass is 426 g/mol. The maximum absolute atomic E-state index is 12.7. The lowest BCUT2D eigenvalue weighted by molar-refractivity contribution is -0.121. The van der Waals surface area contributed by atoms with Crippen molar-refractivity contribution in [3.05, 3.63) is 53.1 Å². The summed E-state index contributed by atoms with van der Waals surface area (Å²) < 4.78 is 36.5. The van der Waals surface area contributed by atoms with Crippen molar-refractivity contribution >= 4 is 27.5 Å². The molecule has 0 aromatic heterocycles. The van der Waals surface area contributed by atoms with E-state index < -0.39 is 15.9 Å². The number of methoxy groups -OCH3 is 2. The second-order valence-electron chi connectivity index (χ2n) is 6.12. The minimum Gasteiger partial charge on any atom is -0.497 e. The van der Waals surface area contributed by atoms with E-state index in [0.29, 0.717) is 11.5 Å². The van der Waals surface area contributed by atoms with E-state index >= 15 is 0 Å². The van der Waals surface area contributed by atoms with Gasteiger partial charge in [0.2, 0.25) is 15.9 Å². The number of rotatable bonds is 8. The highest BCUT2D eigenvalue weighted by molar-refractivity contribution is 7.89. The number of halogens is 1. The van der Waals surface area contributed by atoms with Crippen LogP contribution in [0.4, 0.5) is 0 Å².